The molecular formula is C16H22ClNO. The molecule has 1 heterocycles. The molecule has 2 aromatic rings. The maximum Gasteiger partial charge on any atom is 0.115 e. The van der Waals surface area contributed by atoms with Gasteiger partial charge in [-0.25, -0.2) is 0 Å². The van der Waals surface area contributed by atoms with E-state index in [2.05, 4.69) is 50.5 Å². The number of halogens is 1. The van der Waals surface area contributed by atoms with E-state index in [0.717, 1.165) is 23.0 Å². The van der Waals surface area contributed by atoms with Gasteiger partial charge in [-0.2, -0.15) is 0 Å². The second-order valence-electron chi connectivity index (χ2n) is 5.86. The number of benzene rings is 1. The zero-order chi connectivity index (χ0) is 14.2. The summed E-state index contributed by atoms with van der Waals surface area (Å²) in [5, 5.41) is 11.4. The van der Waals surface area contributed by atoms with Gasteiger partial charge in [-0.1, -0.05) is 45.4 Å². The monoisotopic (exact) mass is 279 g/mol. The molecule has 2 nitrogen and oxygen atoms in total. The molecule has 1 aromatic heterocycles. The summed E-state index contributed by atoms with van der Waals surface area (Å²) < 4.78 is 2.11. The summed E-state index contributed by atoms with van der Waals surface area (Å²) in [7, 11) is 0. The Kier molecular flexibility index (Phi) is 4.22. The zero-order valence-electron chi connectivity index (χ0n) is 12.1. The Labute approximate surface area is 120 Å². The van der Waals surface area contributed by atoms with Gasteiger partial charge in [0, 0.05) is 23.0 Å². The van der Waals surface area contributed by atoms with E-state index in [1.165, 1.54) is 5.56 Å². The summed E-state index contributed by atoms with van der Waals surface area (Å²) in [5.41, 5.74) is 3.24. The Morgan fingerprint density at radius 1 is 1.21 bits per heavy atom. The summed E-state index contributed by atoms with van der Waals surface area (Å²) in [5.74, 6) is 0.993. The quantitative estimate of drug-likeness (QED) is 0.871. The van der Waals surface area contributed by atoms with Crippen LogP contribution in [0.2, 0.25) is 5.15 Å². The molecule has 0 saturated heterocycles. The van der Waals surface area contributed by atoms with Crippen LogP contribution in [-0.2, 0) is 13.2 Å². The lowest BCUT2D eigenvalue weighted by Crippen LogP contribution is -2.04. The van der Waals surface area contributed by atoms with Gasteiger partial charge in [0.1, 0.15) is 5.15 Å². The maximum absolute atomic E-state index is 9.60. The molecule has 2 rings (SSSR count). The van der Waals surface area contributed by atoms with Crippen molar-refractivity contribution in [3.05, 3.63) is 34.5 Å². The molecule has 0 aliphatic carbocycles. The van der Waals surface area contributed by atoms with Crippen molar-refractivity contribution in [1.82, 2.24) is 4.57 Å². The van der Waals surface area contributed by atoms with Crippen molar-refractivity contribution in [3.63, 3.8) is 0 Å². The van der Waals surface area contributed by atoms with Crippen LogP contribution < -0.4 is 0 Å². The Hall–Kier alpha value is -0.990. The van der Waals surface area contributed by atoms with Gasteiger partial charge >= 0.3 is 0 Å². The summed E-state index contributed by atoms with van der Waals surface area (Å²) in [6, 6.07) is 6.44. The highest BCUT2D eigenvalue weighted by Gasteiger charge is 2.16. The smallest absolute Gasteiger partial charge is 0.115 e. The van der Waals surface area contributed by atoms with Crippen LogP contribution in [-0.4, -0.2) is 9.67 Å². The Balaban J connectivity index is 2.67. The number of fused-ring (bicyclic) bond motifs is 1. The van der Waals surface area contributed by atoms with Crippen molar-refractivity contribution in [2.24, 2.45) is 5.92 Å². The standard InChI is InChI=1S/C16H22ClNO/c1-10(2)8-18-15-6-5-12(11(3)4)7-13(15)14(9-19)16(18)17/h5-7,10-11,19H,8-9H2,1-4H3. The molecular weight excluding hydrogens is 258 g/mol. The fourth-order valence-electron chi connectivity index (χ4n) is 2.46. The van der Waals surface area contributed by atoms with Crippen LogP contribution in [0.15, 0.2) is 18.2 Å². The van der Waals surface area contributed by atoms with Crippen molar-refractivity contribution in [1.29, 1.82) is 0 Å². The molecule has 0 aliphatic rings. The van der Waals surface area contributed by atoms with Crippen molar-refractivity contribution >= 4 is 22.5 Å². The zero-order valence-corrected chi connectivity index (χ0v) is 12.8. The lowest BCUT2D eigenvalue weighted by atomic mass is 10.0. The van der Waals surface area contributed by atoms with Crippen LogP contribution in [0.4, 0.5) is 0 Å². The highest BCUT2D eigenvalue weighted by Crippen LogP contribution is 2.33. The van der Waals surface area contributed by atoms with E-state index in [0.29, 0.717) is 17.0 Å². The maximum atomic E-state index is 9.60. The third-order valence-corrected chi connectivity index (χ3v) is 3.93. The fraction of sp³-hybridized carbons (Fsp3) is 0.500. The van der Waals surface area contributed by atoms with Crippen molar-refractivity contribution in [2.45, 2.75) is 46.8 Å². The minimum Gasteiger partial charge on any atom is -0.392 e. The first-order valence-corrected chi connectivity index (χ1v) is 7.24. The summed E-state index contributed by atoms with van der Waals surface area (Å²) >= 11 is 6.43. The fourth-order valence-corrected chi connectivity index (χ4v) is 2.79. The third-order valence-electron chi connectivity index (χ3n) is 3.50. The number of hydrogen-bond donors (Lipinski definition) is 1. The van der Waals surface area contributed by atoms with Gasteiger partial charge in [-0.05, 0) is 29.5 Å². The normalized spacial score (nSPS) is 12.0. The summed E-state index contributed by atoms with van der Waals surface area (Å²) in [6.45, 7) is 9.55. The molecule has 0 bridgehead atoms. The first kappa shape index (κ1) is 14.4. The van der Waals surface area contributed by atoms with Gasteiger partial charge in [0.25, 0.3) is 0 Å². The predicted octanol–water partition coefficient (Wildman–Crippen LogP) is 4.57. The SMILES string of the molecule is CC(C)Cn1c(Cl)c(CO)c2cc(C(C)C)ccc21. The van der Waals surface area contributed by atoms with Gasteiger partial charge in [0.2, 0.25) is 0 Å². The topological polar surface area (TPSA) is 25.2 Å². The Morgan fingerprint density at radius 3 is 2.42 bits per heavy atom. The largest absolute Gasteiger partial charge is 0.392 e. The Bertz CT molecular complexity index is 584. The lowest BCUT2D eigenvalue weighted by molar-refractivity contribution is 0.283. The molecule has 0 radical (unpaired) electrons. The molecule has 0 unspecified atom stereocenters. The van der Waals surface area contributed by atoms with Crippen molar-refractivity contribution in [2.75, 3.05) is 0 Å². The molecule has 1 N–H and O–H groups in total. The molecule has 0 spiro atoms. The van der Waals surface area contributed by atoms with Crippen LogP contribution in [0.1, 0.15) is 44.7 Å². The second-order valence-corrected chi connectivity index (χ2v) is 6.22. The van der Waals surface area contributed by atoms with Crippen LogP contribution in [0, 0.1) is 5.92 Å². The molecule has 3 heteroatoms. The number of rotatable bonds is 4. The first-order valence-electron chi connectivity index (χ1n) is 6.87. The van der Waals surface area contributed by atoms with Gasteiger partial charge in [-0.15, -0.1) is 0 Å². The number of nitrogens with zero attached hydrogens (tertiary/aromatic N) is 1. The van der Waals surface area contributed by atoms with Crippen LogP contribution in [0.25, 0.3) is 10.9 Å². The minimum absolute atomic E-state index is 0.0119. The van der Waals surface area contributed by atoms with Crippen LogP contribution in [0.5, 0.6) is 0 Å². The molecule has 0 aliphatic heterocycles. The summed E-state index contributed by atoms with van der Waals surface area (Å²) in [6.07, 6.45) is 0. The number of aliphatic hydroxyl groups excluding tert-OH is 1. The van der Waals surface area contributed by atoms with Gasteiger partial charge < -0.3 is 9.67 Å². The highest BCUT2D eigenvalue weighted by molar-refractivity contribution is 6.32. The average molecular weight is 280 g/mol. The molecule has 104 valence electrons. The molecule has 19 heavy (non-hydrogen) atoms. The average Bonchev–Trinajstić information content (AvgIpc) is 2.61. The van der Waals surface area contributed by atoms with Crippen molar-refractivity contribution in [3.8, 4) is 0 Å². The van der Waals surface area contributed by atoms with Crippen LogP contribution >= 0.6 is 11.6 Å². The summed E-state index contributed by atoms with van der Waals surface area (Å²) in [4.78, 5) is 0. The second kappa shape index (κ2) is 5.56. The molecule has 0 saturated carbocycles. The number of aromatic nitrogens is 1. The molecule has 0 amide bonds. The van der Waals surface area contributed by atoms with E-state index < -0.39 is 0 Å². The molecule has 0 atom stereocenters. The number of aliphatic hydroxyl groups is 1. The van der Waals surface area contributed by atoms with Gasteiger partial charge in [-0.3, -0.25) is 0 Å². The van der Waals surface area contributed by atoms with Crippen molar-refractivity contribution < 1.29 is 5.11 Å². The van der Waals surface area contributed by atoms with E-state index in [-0.39, 0.29) is 6.61 Å². The minimum atomic E-state index is -0.0119. The number of hydrogen-bond acceptors (Lipinski definition) is 1. The third kappa shape index (κ3) is 2.65. The highest BCUT2D eigenvalue weighted by atomic mass is 35.5. The van der Waals surface area contributed by atoms with E-state index in [4.69, 9.17) is 11.6 Å². The lowest BCUT2D eigenvalue weighted by Gasteiger charge is -2.11. The van der Waals surface area contributed by atoms with E-state index in [1.807, 2.05) is 0 Å². The predicted molar refractivity (Wildman–Crippen MR) is 81.8 cm³/mol. The van der Waals surface area contributed by atoms with Crippen LogP contribution in [0.3, 0.4) is 0 Å². The van der Waals surface area contributed by atoms with E-state index in [1.54, 1.807) is 0 Å². The molecule has 1 aromatic carbocycles. The Morgan fingerprint density at radius 2 is 1.89 bits per heavy atom. The van der Waals surface area contributed by atoms with Gasteiger partial charge in [0.15, 0.2) is 0 Å². The molecule has 0 fully saturated rings. The first-order chi connectivity index (χ1) is 8.95. The van der Waals surface area contributed by atoms with E-state index >= 15 is 0 Å². The van der Waals surface area contributed by atoms with E-state index in [9.17, 15) is 5.11 Å². The van der Waals surface area contributed by atoms with Gasteiger partial charge in [0.05, 0.1) is 6.61 Å².